The van der Waals surface area contributed by atoms with E-state index < -0.39 is 0 Å². The molecule has 3 aliphatic carbocycles. The Bertz CT molecular complexity index is 515. The van der Waals surface area contributed by atoms with Crippen LogP contribution in [-0.4, -0.2) is 43.5 Å². The molecular weight excluding hydrogens is 316 g/mol. The lowest BCUT2D eigenvalue weighted by molar-refractivity contribution is -0.147. The van der Waals surface area contributed by atoms with Gasteiger partial charge in [0, 0.05) is 42.0 Å². The van der Waals surface area contributed by atoms with Gasteiger partial charge in [0.1, 0.15) is 0 Å². The molecule has 2 N–H and O–H groups in total. The summed E-state index contributed by atoms with van der Waals surface area (Å²) in [6, 6.07) is 0.501. The summed E-state index contributed by atoms with van der Waals surface area (Å²) in [6.07, 6.45) is 8.90. The van der Waals surface area contributed by atoms with E-state index in [1.54, 1.807) is 0 Å². The highest BCUT2D eigenvalue weighted by Gasteiger charge is 2.60. The molecule has 1 saturated heterocycles. The van der Waals surface area contributed by atoms with E-state index in [2.05, 4.69) is 31.4 Å². The van der Waals surface area contributed by atoms with Crippen LogP contribution >= 0.6 is 0 Å². The predicted octanol–water partition coefficient (Wildman–Crippen LogP) is 3.23. The first-order valence-electron chi connectivity index (χ1n) is 10.3. The number of ether oxygens (including phenoxy) is 2. The van der Waals surface area contributed by atoms with Crippen LogP contribution in [0.1, 0.15) is 65.7 Å². The molecule has 142 valence electrons. The smallest absolute Gasteiger partial charge is 0.315 e. The highest BCUT2D eigenvalue weighted by molar-refractivity contribution is 5.75. The summed E-state index contributed by atoms with van der Waals surface area (Å²) in [5.74, 6) is 0.488. The second kappa shape index (κ2) is 6.41. The van der Waals surface area contributed by atoms with E-state index in [4.69, 9.17) is 9.47 Å². The first-order chi connectivity index (χ1) is 12.0. The molecule has 0 aromatic carbocycles. The van der Waals surface area contributed by atoms with Crippen molar-refractivity contribution in [3.05, 3.63) is 0 Å². The molecule has 3 saturated carbocycles. The number of hydrogen-bond acceptors (Lipinski definition) is 3. The van der Waals surface area contributed by atoms with Gasteiger partial charge in [0.25, 0.3) is 0 Å². The van der Waals surface area contributed by atoms with Gasteiger partial charge in [-0.05, 0) is 32.6 Å². The fourth-order valence-corrected chi connectivity index (χ4v) is 6.22. The summed E-state index contributed by atoms with van der Waals surface area (Å²) >= 11 is 0. The molecule has 4 aliphatic rings. The van der Waals surface area contributed by atoms with Gasteiger partial charge in [0.05, 0.1) is 12.2 Å². The molecule has 0 aromatic rings. The number of urea groups is 1. The van der Waals surface area contributed by atoms with Gasteiger partial charge in [-0.3, -0.25) is 0 Å². The Balaban J connectivity index is 1.36. The molecule has 4 fully saturated rings. The van der Waals surface area contributed by atoms with Crippen molar-refractivity contribution in [2.45, 2.75) is 90.0 Å². The van der Waals surface area contributed by atoms with Gasteiger partial charge < -0.3 is 20.1 Å². The predicted molar refractivity (Wildman–Crippen MR) is 96.4 cm³/mol. The van der Waals surface area contributed by atoms with Crippen LogP contribution in [0.5, 0.6) is 0 Å². The molecule has 5 nitrogen and oxygen atoms in total. The molecule has 2 amide bonds. The van der Waals surface area contributed by atoms with E-state index in [1.165, 1.54) is 32.1 Å². The fraction of sp³-hybridized carbons (Fsp3) is 0.950. The minimum absolute atomic E-state index is 0.00771. The lowest BCUT2D eigenvalue weighted by atomic mass is 9.55. The molecule has 5 atom stereocenters. The normalized spacial score (nSPS) is 40.7. The largest absolute Gasteiger partial charge is 0.378 e. The standard InChI is InChI=1S/C20H34N2O3/c1-4-24-15-12-14(20(15)9-6-5-7-10-20)21-18(23)22-16-13-8-11-25-17(13)19(16,2)3/h13-17H,4-12H2,1-3H3,(H2,21,22,23)/t13-,14-,15+,16+,17+/m0/s1. The van der Waals surface area contributed by atoms with E-state index >= 15 is 0 Å². The van der Waals surface area contributed by atoms with Crippen LogP contribution in [0, 0.1) is 16.7 Å². The van der Waals surface area contributed by atoms with Gasteiger partial charge in [-0.25, -0.2) is 4.79 Å². The maximum atomic E-state index is 12.7. The van der Waals surface area contributed by atoms with Crippen molar-refractivity contribution in [3.8, 4) is 0 Å². The molecule has 0 radical (unpaired) electrons. The molecule has 0 bridgehead atoms. The molecule has 1 aliphatic heterocycles. The number of carbonyl (C=O) groups excluding carboxylic acids is 1. The quantitative estimate of drug-likeness (QED) is 0.818. The van der Waals surface area contributed by atoms with Crippen molar-refractivity contribution in [1.29, 1.82) is 0 Å². The Hall–Kier alpha value is -0.810. The van der Waals surface area contributed by atoms with Crippen molar-refractivity contribution in [3.63, 3.8) is 0 Å². The maximum absolute atomic E-state index is 12.7. The average Bonchev–Trinajstić information content (AvgIpc) is 3.07. The van der Waals surface area contributed by atoms with Gasteiger partial charge in [0.2, 0.25) is 0 Å². The summed E-state index contributed by atoms with van der Waals surface area (Å²) in [5.41, 5.74) is 0.217. The first kappa shape index (κ1) is 17.6. The maximum Gasteiger partial charge on any atom is 0.315 e. The lowest BCUT2D eigenvalue weighted by Crippen LogP contribution is -2.70. The second-order valence-electron chi connectivity index (χ2n) is 9.19. The Labute approximate surface area is 151 Å². The Kier molecular flexibility index (Phi) is 4.52. The number of rotatable bonds is 4. The van der Waals surface area contributed by atoms with E-state index in [-0.39, 0.29) is 28.9 Å². The molecule has 5 heteroatoms. The lowest BCUT2D eigenvalue weighted by Gasteiger charge is -2.58. The average molecular weight is 351 g/mol. The zero-order valence-corrected chi connectivity index (χ0v) is 16.0. The van der Waals surface area contributed by atoms with Crippen molar-refractivity contribution < 1.29 is 14.3 Å². The first-order valence-corrected chi connectivity index (χ1v) is 10.3. The molecule has 0 unspecified atom stereocenters. The van der Waals surface area contributed by atoms with Crippen molar-refractivity contribution >= 4 is 6.03 Å². The van der Waals surface area contributed by atoms with Crippen molar-refractivity contribution in [1.82, 2.24) is 10.6 Å². The third-order valence-corrected chi connectivity index (χ3v) is 7.63. The molecule has 1 spiro atoms. The van der Waals surface area contributed by atoms with E-state index in [0.29, 0.717) is 18.1 Å². The van der Waals surface area contributed by atoms with Gasteiger partial charge >= 0.3 is 6.03 Å². The highest BCUT2D eigenvalue weighted by Crippen LogP contribution is 2.54. The minimum Gasteiger partial charge on any atom is -0.378 e. The van der Waals surface area contributed by atoms with Gasteiger partial charge in [-0.15, -0.1) is 0 Å². The number of fused-ring (bicyclic) bond motifs is 1. The SMILES string of the molecule is CCO[C@@H]1C[C@H](NC(=O)N[C@@H]2[C@@H]3CCO[C@H]3C2(C)C)C12CCCCC2. The summed E-state index contributed by atoms with van der Waals surface area (Å²) in [7, 11) is 0. The third kappa shape index (κ3) is 2.69. The minimum atomic E-state index is 0.00771. The Morgan fingerprint density at radius 3 is 2.68 bits per heavy atom. The van der Waals surface area contributed by atoms with Crippen LogP contribution in [0.3, 0.4) is 0 Å². The number of hydrogen-bond donors (Lipinski definition) is 2. The zero-order chi connectivity index (χ0) is 17.7. The summed E-state index contributed by atoms with van der Waals surface area (Å²) < 4.78 is 11.8. The van der Waals surface area contributed by atoms with Gasteiger partial charge in [-0.2, -0.15) is 0 Å². The zero-order valence-electron chi connectivity index (χ0n) is 16.0. The molecule has 1 heterocycles. The van der Waals surface area contributed by atoms with Crippen LogP contribution in [0.2, 0.25) is 0 Å². The monoisotopic (exact) mass is 350 g/mol. The second-order valence-corrected chi connectivity index (χ2v) is 9.19. The number of carbonyl (C=O) groups is 1. The summed E-state index contributed by atoms with van der Waals surface area (Å²) in [6.45, 7) is 8.09. The van der Waals surface area contributed by atoms with Crippen molar-refractivity contribution in [2.75, 3.05) is 13.2 Å². The van der Waals surface area contributed by atoms with Crippen LogP contribution in [-0.2, 0) is 9.47 Å². The Morgan fingerprint density at radius 1 is 1.20 bits per heavy atom. The van der Waals surface area contributed by atoms with E-state index in [1.807, 2.05) is 0 Å². The summed E-state index contributed by atoms with van der Waals surface area (Å²) in [5, 5.41) is 6.59. The van der Waals surface area contributed by atoms with E-state index in [0.717, 1.165) is 26.1 Å². The van der Waals surface area contributed by atoms with Crippen LogP contribution < -0.4 is 10.6 Å². The fourth-order valence-electron chi connectivity index (χ4n) is 6.22. The third-order valence-electron chi connectivity index (χ3n) is 7.63. The Morgan fingerprint density at radius 2 is 1.96 bits per heavy atom. The molecule has 0 aromatic heterocycles. The van der Waals surface area contributed by atoms with E-state index in [9.17, 15) is 4.79 Å². The van der Waals surface area contributed by atoms with Crippen LogP contribution in [0.15, 0.2) is 0 Å². The van der Waals surface area contributed by atoms with Crippen LogP contribution in [0.25, 0.3) is 0 Å². The number of amides is 2. The molecular formula is C20H34N2O3. The van der Waals surface area contributed by atoms with Gasteiger partial charge in [0.15, 0.2) is 0 Å². The van der Waals surface area contributed by atoms with Crippen molar-refractivity contribution in [2.24, 2.45) is 16.7 Å². The highest BCUT2D eigenvalue weighted by atomic mass is 16.5. The number of nitrogens with one attached hydrogen (secondary N) is 2. The van der Waals surface area contributed by atoms with Gasteiger partial charge in [-0.1, -0.05) is 33.1 Å². The topological polar surface area (TPSA) is 59.6 Å². The molecule has 25 heavy (non-hydrogen) atoms. The van der Waals surface area contributed by atoms with Crippen LogP contribution in [0.4, 0.5) is 4.79 Å². The molecule has 4 rings (SSSR count). The summed E-state index contributed by atoms with van der Waals surface area (Å²) in [4.78, 5) is 12.7.